The van der Waals surface area contributed by atoms with Crippen molar-refractivity contribution in [1.29, 1.82) is 5.26 Å². The Hall–Kier alpha value is -3.18. The number of piperidine rings is 1. The van der Waals surface area contributed by atoms with E-state index in [1.54, 1.807) is 38.3 Å². The van der Waals surface area contributed by atoms with Gasteiger partial charge in [-0.3, -0.25) is 0 Å². The van der Waals surface area contributed by atoms with Crippen molar-refractivity contribution in [1.82, 2.24) is 9.88 Å². The molecule has 1 atom stereocenters. The predicted molar refractivity (Wildman–Crippen MR) is 137 cm³/mol. The average molecular weight is 503 g/mol. The largest absolute Gasteiger partial charge is 0.477 e. The van der Waals surface area contributed by atoms with Gasteiger partial charge in [0.15, 0.2) is 0 Å². The molecule has 1 saturated heterocycles. The summed E-state index contributed by atoms with van der Waals surface area (Å²) in [5.41, 5.74) is 0.932. The van der Waals surface area contributed by atoms with Gasteiger partial charge < -0.3 is 24.6 Å². The number of anilines is 1. The summed E-state index contributed by atoms with van der Waals surface area (Å²) in [5.74, 6) is -0.578. The Morgan fingerprint density at radius 2 is 1.94 bits per heavy atom. The first-order valence-electron chi connectivity index (χ1n) is 11.9. The van der Waals surface area contributed by atoms with Crippen molar-refractivity contribution in [3.63, 3.8) is 0 Å². The second-order valence-electron chi connectivity index (χ2n) is 9.20. The van der Waals surface area contributed by atoms with Gasteiger partial charge in [-0.2, -0.15) is 5.26 Å². The Labute approximate surface area is 212 Å². The first-order chi connectivity index (χ1) is 16.5. The smallest absolute Gasteiger partial charge is 0.407 e. The number of alkyl carbamates (subject to hydrolysis) is 1. The second kappa shape index (κ2) is 12.0. The molecule has 0 unspecified atom stereocenters. The third-order valence-electron chi connectivity index (χ3n) is 5.52. The number of halogens is 1. The molecule has 190 valence electrons. The van der Waals surface area contributed by atoms with Crippen LogP contribution in [-0.2, 0) is 11.3 Å². The van der Waals surface area contributed by atoms with Gasteiger partial charge in [-0.15, -0.1) is 0 Å². The zero-order valence-corrected chi connectivity index (χ0v) is 22.1. The third-order valence-corrected chi connectivity index (χ3v) is 5.89. The maximum Gasteiger partial charge on any atom is 0.407 e. The summed E-state index contributed by atoms with van der Waals surface area (Å²) >= 11 is 6.36. The molecule has 2 N–H and O–H groups in total. The number of aromatic carboxylic acids is 1. The van der Waals surface area contributed by atoms with Gasteiger partial charge in [0.25, 0.3) is 0 Å². The highest BCUT2D eigenvalue weighted by molar-refractivity contribution is 6.31. The summed E-state index contributed by atoms with van der Waals surface area (Å²) in [6.45, 7) is 12.3. The number of hydrogen-bond donors (Lipinski definition) is 2. The summed E-state index contributed by atoms with van der Waals surface area (Å²) in [5, 5.41) is 23.3. The summed E-state index contributed by atoms with van der Waals surface area (Å²) in [4.78, 5) is 26.4. The Balaban J connectivity index is 0.00000210. The fraction of sp³-hybridized carbons (Fsp3) is 0.500. The fourth-order valence-electron chi connectivity index (χ4n) is 4.18. The molecule has 0 radical (unpaired) electrons. The number of hydrogen-bond acceptors (Lipinski definition) is 5. The van der Waals surface area contributed by atoms with Crippen LogP contribution in [0.25, 0.3) is 0 Å². The Bertz CT molecular complexity index is 1100. The molecular weight excluding hydrogens is 468 g/mol. The van der Waals surface area contributed by atoms with Crippen LogP contribution in [0.4, 0.5) is 10.6 Å². The molecule has 1 fully saturated rings. The first kappa shape index (κ1) is 28.1. The van der Waals surface area contributed by atoms with Crippen LogP contribution in [0.3, 0.4) is 0 Å². The number of carbonyl (C=O) groups is 2. The summed E-state index contributed by atoms with van der Waals surface area (Å²) in [6.07, 6.45) is 1.03. The number of carboxylic acid groups (broad SMARTS) is 1. The van der Waals surface area contributed by atoms with E-state index in [0.29, 0.717) is 35.1 Å². The minimum Gasteiger partial charge on any atom is -0.477 e. The number of aromatic nitrogens is 1. The van der Waals surface area contributed by atoms with E-state index in [-0.39, 0.29) is 18.3 Å². The molecule has 2 aromatic rings. The summed E-state index contributed by atoms with van der Waals surface area (Å²) < 4.78 is 7.02. The van der Waals surface area contributed by atoms with Crippen molar-refractivity contribution in [3.05, 3.63) is 51.7 Å². The number of carboxylic acids is 1. The van der Waals surface area contributed by atoms with Gasteiger partial charge in [-0.05, 0) is 52.2 Å². The zero-order chi connectivity index (χ0) is 26.3. The molecule has 2 heterocycles. The highest BCUT2D eigenvalue weighted by atomic mass is 35.5. The molecule has 0 bridgehead atoms. The standard InChI is InChI=1S/C24H29ClN4O4.C2H6/c1-15-18(12-26)21(28-11-7-9-17(14-28)27-23(32)33-24(2,3)4)29(20(15)22(30)31)13-16-8-5-6-10-19(16)25;1-2/h5-6,8,10,17H,7,9,11,13-14H2,1-4H3,(H,27,32)(H,30,31);1-2H3/t17-;/m1./s1. The molecule has 1 aromatic carbocycles. The first-order valence-corrected chi connectivity index (χ1v) is 12.2. The predicted octanol–water partition coefficient (Wildman–Crippen LogP) is 5.59. The van der Waals surface area contributed by atoms with Crippen LogP contribution in [-0.4, -0.2) is 46.5 Å². The van der Waals surface area contributed by atoms with E-state index in [9.17, 15) is 20.0 Å². The Morgan fingerprint density at radius 1 is 1.29 bits per heavy atom. The number of rotatable bonds is 5. The third kappa shape index (κ3) is 6.92. The molecule has 3 rings (SSSR count). The van der Waals surface area contributed by atoms with Crippen molar-refractivity contribution in [3.8, 4) is 6.07 Å². The van der Waals surface area contributed by atoms with Crippen molar-refractivity contribution in [2.45, 2.75) is 72.6 Å². The van der Waals surface area contributed by atoms with Gasteiger partial charge in [0.2, 0.25) is 0 Å². The van der Waals surface area contributed by atoms with Crippen LogP contribution < -0.4 is 10.2 Å². The number of nitrogens with one attached hydrogen (secondary N) is 1. The fourth-order valence-corrected chi connectivity index (χ4v) is 4.38. The average Bonchev–Trinajstić information content (AvgIpc) is 3.06. The number of carbonyl (C=O) groups excluding carboxylic acids is 1. The van der Waals surface area contributed by atoms with E-state index in [1.807, 2.05) is 36.9 Å². The number of nitriles is 1. The molecular formula is C26H35ClN4O4. The Morgan fingerprint density at radius 3 is 2.51 bits per heavy atom. The SMILES string of the molecule is CC.Cc1c(C#N)c(N2CCC[C@@H](NC(=O)OC(C)(C)C)C2)n(Cc2ccccc2Cl)c1C(=O)O. The van der Waals surface area contributed by atoms with Crippen molar-refractivity contribution < 1.29 is 19.4 Å². The number of ether oxygens (including phenoxy) is 1. The lowest BCUT2D eigenvalue weighted by Gasteiger charge is -2.36. The van der Waals surface area contributed by atoms with E-state index in [0.717, 1.165) is 18.4 Å². The minimum atomic E-state index is -1.11. The molecule has 0 aliphatic carbocycles. The van der Waals surface area contributed by atoms with Crippen molar-refractivity contribution in [2.75, 3.05) is 18.0 Å². The van der Waals surface area contributed by atoms with Gasteiger partial charge in [0.05, 0.1) is 12.1 Å². The van der Waals surface area contributed by atoms with Gasteiger partial charge in [-0.25, -0.2) is 9.59 Å². The molecule has 0 saturated carbocycles. The van der Waals surface area contributed by atoms with Gasteiger partial charge in [0, 0.05) is 29.7 Å². The lowest BCUT2D eigenvalue weighted by Crippen LogP contribution is -2.49. The molecule has 1 aliphatic rings. The second-order valence-corrected chi connectivity index (χ2v) is 9.61. The van der Waals surface area contributed by atoms with E-state index < -0.39 is 17.7 Å². The molecule has 0 spiro atoms. The molecule has 1 amide bonds. The van der Waals surface area contributed by atoms with Crippen LogP contribution in [0.15, 0.2) is 24.3 Å². The highest BCUT2D eigenvalue weighted by Gasteiger charge is 2.32. The quantitative estimate of drug-likeness (QED) is 0.552. The van der Waals surface area contributed by atoms with Crippen LogP contribution in [0.5, 0.6) is 0 Å². The van der Waals surface area contributed by atoms with E-state index >= 15 is 0 Å². The van der Waals surface area contributed by atoms with E-state index in [4.69, 9.17) is 16.3 Å². The number of benzene rings is 1. The number of amides is 1. The van der Waals surface area contributed by atoms with Gasteiger partial charge >= 0.3 is 12.1 Å². The van der Waals surface area contributed by atoms with Crippen LogP contribution >= 0.6 is 11.6 Å². The molecule has 1 aliphatic heterocycles. The monoisotopic (exact) mass is 502 g/mol. The van der Waals surface area contributed by atoms with Crippen LogP contribution in [0.1, 0.15) is 74.6 Å². The zero-order valence-electron chi connectivity index (χ0n) is 21.3. The van der Waals surface area contributed by atoms with Crippen molar-refractivity contribution >= 4 is 29.5 Å². The van der Waals surface area contributed by atoms with Gasteiger partial charge in [-0.1, -0.05) is 43.6 Å². The highest BCUT2D eigenvalue weighted by Crippen LogP contribution is 2.33. The molecule has 35 heavy (non-hydrogen) atoms. The number of nitrogens with zero attached hydrogens (tertiary/aromatic N) is 3. The van der Waals surface area contributed by atoms with Crippen LogP contribution in [0, 0.1) is 18.3 Å². The minimum absolute atomic E-state index is 0.0590. The van der Waals surface area contributed by atoms with Gasteiger partial charge in [0.1, 0.15) is 23.2 Å². The van der Waals surface area contributed by atoms with Crippen molar-refractivity contribution in [2.24, 2.45) is 0 Å². The topological polar surface area (TPSA) is 108 Å². The maximum atomic E-state index is 12.3. The molecule has 1 aromatic heterocycles. The lowest BCUT2D eigenvalue weighted by atomic mass is 10.0. The molecule has 8 nitrogen and oxygen atoms in total. The van der Waals surface area contributed by atoms with Crippen LogP contribution in [0.2, 0.25) is 5.02 Å². The summed E-state index contributed by atoms with van der Waals surface area (Å²) in [6, 6.07) is 9.23. The van der Waals surface area contributed by atoms with E-state index in [1.165, 1.54) is 0 Å². The van der Waals surface area contributed by atoms with E-state index in [2.05, 4.69) is 11.4 Å². The maximum absolute atomic E-state index is 12.3. The normalized spacial score (nSPS) is 15.5. The Kier molecular flexibility index (Phi) is 9.61. The summed E-state index contributed by atoms with van der Waals surface area (Å²) in [7, 11) is 0. The lowest BCUT2D eigenvalue weighted by molar-refractivity contribution is 0.0499. The molecule has 9 heteroatoms.